The number of hydrogen-bond acceptors (Lipinski definition) is 2. The number of aryl methyl sites for hydroxylation is 1. The molecule has 13 heavy (non-hydrogen) atoms. The van der Waals surface area contributed by atoms with Gasteiger partial charge in [-0.3, -0.25) is 0 Å². The van der Waals surface area contributed by atoms with E-state index >= 15 is 0 Å². The molecular weight excluding hydrogens is 178 g/mol. The van der Waals surface area contributed by atoms with Crippen molar-refractivity contribution in [3.8, 4) is 11.1 Å². The molecule has 1 aromatic carbocycles. The summed E-state index contributed by atoms with van der Waals surface area (Å²) < 4.78 is 0. The highest BCUT2D eigenvalue weighted by atomic mass is 32.1. The molecule has 2 heteroatoms. The molecule has 0 amide bonds. The fourth-order valence-corrected chi connectivity index (χ4v) is 2.11. The fraction of sp³-hybridized carbons (Fsp3) is 0.0909. The Morgan fingerprint density at radius 1 is 1.23 bits per heavy atom. The van der Waals surface area contributed by atoms with Crippen LogP contribution in [-0.2, 0) is 0 Å². The van der Waals surface area contributed by atoms with E-state index in [1.807, 2.05) is 18.2 Å². The first-order chi connectivity index (χ1) is 6.27. The molecule has 0 atom stereocenters. The normalized spacial score (nSPS) is 10.2. The molecule has 0 radical (unpaired) electrons. The van der Waals surface area contributed by atoms with E-state index in [1.54, 1.807) is 11.3 Å². The second-order valence-corrected chi connectivity index (χ2v) is 4.14. The molecular formula is C11H11NS. The van der Waals surface area contributed by atoms with E-state index in [9.17, 15) is 0 Å². The Labute approximate surface area is 81.8 Å². The summed E-state index contributed by atoms with van der Waals surface area (Å²) >= 11 is 1.76. The van der Waals surface area contributed by atoms with Crippen LogP contribution in [0, 0.1) is 6.92 Å². The second-order valence-electron chi connectivity index (χ2n) is 3.02. The third-order valence-corrected chi connectivity index (χ3v) is 2.90. The van der Waals surface area contributed by atoms with Crippen LogP contribution in [0.4, 0.5) is 5.69 Å². The fourth-order valence-electron chi connectivity index (χ4n) is 1.39. The topological polar surface area (TPSA) is 26.0 Å². The van der Waals surface area contributed by atoms with Crippen molar-refractivity contribution in [2.45, 2.75) is 6.92 Å². The van der Waals surface area contributed by atoms with Gasteiger partial charge in [0.15, 0.2) is 0 Å². The summed E-state index contributed by atoms with van der Waals surface area (Å²) in [6.07, 6.45) is 0. The van der Waals surface area contributed by atoms with Crippen LogP contribution in [0.3, 0.4) is 0 Å². The summed E-state index contributed by atoms with van der Waals surface area (Å²) in [5.74, 6) is 0. The average Bonchev–Trinajstić information content (AvgIpc) is 2.51. The lowest BCUT2D eigenvalue weighted by Gasteiger charge is -2.00. The molecule has 0 saturated heterocycles. The van der Waals surface area contributed by atoms with Crippen molar-refractivity contribution in [2.24, 2.45) is 0 Å². The van der Waals surface area contributed by atoms with Gasteiger partial charge in [-0.25, -0.2) is 0 Å². The van der Waals surface area contributed by atoms with Gasteiger partial charge in [0.1, 0.15) is 0 Å². The van der Waals surface area contributed by atoms with Gasteiger partial charge in [0.25, 0.3) is 0 Å². The smallest absolute Gasteiger partial charge is 0.0320 e. The molecule has 0 spiro atoms. The summed E-state index contributed by atoms with van der Waals surface area (Å²) in [4.78, 5) is 1.34. The van der Waals surface area contributed by atoms with Gasteiger partial charge >= 0.3 is 0 Å². The minimum Gasteiger partial charge on any atom is -0.399 e. The maximum atomic E-state index is 5.72. The molecule has 0 unspecified atom stereocenters. The Hall–Kier alpha value is -1.28. The highest BCUT2D eigenvalue weighted by Crippen LogP contribution is 2.28. The first kappa shape index (κ1) is 8.32. The quantitative estimate of drug-likeness (QED) is 0.684. The summed E-state index contributed by atoms with van der Waals surface area (Å²) in [5.41, 5.74) is 9.04. The van der Waals surface area contributed by atoms with Crippen LogP contribution in [0.15, 0.2) is 35.7 Å². The van der Waals surface area contributed by atoms with Crippen molar-refractivity contribution in [1.29, 1.82) is 0 Å². The van der Waals surface area contributed by atoms with E-state index < -0.39 is 0 Å². The Bertz CT molecular complexity index is 418. The molecule has 1 nitrogen and oxygen atoms in total. The monoisotopic (exact) mass is 189 g/mol. The zero-order valence-electron chi connectivity index (χ0n) is 7.45. The molecule has 0 aliphatic carbocycles. The van der Waals surface area contributed by atoms with E-state index in [0.717, 1.165) is 5.69 Å². The van der Waals surface area contributed by atoms with Gasteiger partial charge in [0.2, 0.25) is 0 Å². The van der Waals surface area contributed by atoms with E-state index in [4.69, 9.17) is 5.73 Å². The van der Waals surface area contributed by atoms with Gasteiger partial charge in [-0.1, -0.05) is 12.1 Å². The maximum absolute atomic E-state index is 5.72. The van der Waals surface area contributed by atoms with Crippen LogP contribution < -0.4 is 5.73 Å². The van der Waals surface area contributed by atoms with Gasteiger partial charge in [-0.05, 0) is 41.6 Å². The van der Waals surface area contributed by atoms with Gasteiger partial charge in [0, 0.05) is 10.6 Å². The third kappa shape index (κ3) is 1.58. The molecule has 0 saturated carbocycles. The van der Waals surface area contributed by atoms with Crippen molar-refractivity contribution >= 4 is 17.0 Å². The zero-order chi connectivity index (χ0) is 9.26. The van der Waals surface area contributed by atoms with Gasteiger partial charge in [-0.15, -0.1) is 11.3 Å². The van der Waals surface area contributed by atoms with Crippen LogP contribution in [-0.4, -0.2) is 0 Å². The zero-order valence-corrected chi connectivity index (χ0v) is 8.27. The van der Waals surface area contributed by atoms with E-state index in [-0.39, 0.29) is 0 Å². The standard InChI is InChI=1S/C11H11NS/c1-8-11(5-6-13-8)9-3-2-4-10(12)7-9/h2-7H,12H2,1H3. The SMILES string of the molecule is Cc1sccc1-c1cccc(N)c1. The van der Waals surface area contributed by atoms with Crippen LogP contribution >= 0.6 is 11.3 Å². The number of thiophene rings is 1. The minimum absolute atomic E-state index is 0.822. The van der Waals surface area contributed by atoms with E-state index in [1.165, 1.54) is 16.0 Å². The Balaban J connectivity index is 2.53. The summed E-state index contributed by atoms with van der Waals surface area (Å²) in [6, 6.07) is 10.1. The summed E-state index contributed by atoms with van der Waals surface area (Å²) in [7, 11) is 0. The largest absolute Gasteiger partial charge is 0.399 e. The molecule has 66 valence electrons. The average molecular weight is 189 g/mol. The van der Waals surface area contributed by atoms with Crippen molar-refractivity contribution < 1.29 is 0 Å². The number of benzene rings is 1. The lowest BCUT2D eigenvalue weighted by molar-refractivity contribution is 1.58. The summed E-state index contributed by atoms with van der Waals surface area (Å²) in [6.45, 7) is 2.13. The van der Waals surface area contributed by atoms with Crippen LogP contribution in [0.1, 0.15) is 4.88 Å². The van der Waals surface area contributed by atoms with Crippen molar-refractivity contribution in [2.75, 3.05) is 5.73 Å². The molecule has 0 bridgehead atoms. The molecule has 2 N–H and O–H groups in total. The number of nitrogens with two attached hydrogens (primary N) is 1. The Kier molecular flexibility index (Phi) is 2.07. The molecule has 0 fully saturated rings. The van der Waals surface area contributed by atoms with Gasteiger partial charge < -0.3 is 5.73 Å². The lowest BCUT2D eigenvalue weighted by Crippen LogP contribution is -1.84. The first-order valence-corrected chi connectivity index (χ1v) is 5.05. The molecule has 1 heterocycles. The van der Waals surface area contributed by atoms with Gasteiger partial charge in [0.05, 0.1) is 0 Å². The molecule has 2 rings (SSSR count). The lowest BCUT2D eigenvalue weighted by atomic mass is 10.1. The summed E-state index contributed by atoms with van der Waals surface area (Å²) in [5, 5.41) is 2.11. The van der Waals surface area contributed by atoms with Crippen LogP contribution in [0.2, 0.25) is 0 Å². The predicted octanol–water partition coefficient (Wildman–Crippen LogP) is 3.31. The molecule has 1 aromatic heterocycles. The minimum atomic E-state index is 0.822. The molecule has 2 aromatic rings. The van der Waals surface area contributed by atoms with Crippen molar-refractivity contribution in [1.82, 2.24) is 0 Å². The number of nitrogen functional groups attached to an aromatic ring is 1. The first-order valence-electron chi connectivity index (χ1n) is 4.17. The molecule has 0 aliphatic heterocycles. The maximum Gasteiger partial charge on any atom is 0.0320 e. The van der Waals surface area contributed by atoms with E-state index in [0.29, 0.717) is 0 Å². The predicted molar refractivity (Wildman–Crippen MR) is 58.9 cm³/mol. The molecule has 0 aliphatic rings. The third-order valence-electron chi connectivity index (χ3n) is 2.06. The highest BCUT2D eigenvalue weighted by Gasteiger charge is 2.01. The number of anilines is 1. The second kappa shape index (κ2) is 3.23. The van der Waals surface area contributed by atoms with Crippen LogP contribution in [0.5, 0.6) is 0 Å². The van der Waals surface area contributed by atoms with Crippen LogP contribution in [0.25, 0.3) is 11.1 Å². The Morgan fingerprint density at radius 3 is 2.69 bits per heavy atom. The van der Waals surface area contributed by atoms with Crippen molar-refractivity contribution in [3.05, 3.63) is 40.6 Å². The van der Waals surface area contributed by atoms with Crippen molar-refractivity contribution in [3.63, 3.8) is 0 Å². The number of rotatable bonds is 1. The van der Waals surface area contributed by atoms with E-state index in [2.05, 4.69) is 24.4 Å². The Morgan fingerprint density at radius 2 is 2.08 bits per heavy atom. The number of hydrogen-bond donors (Lipinski definition) is 1. The highest BCUT2D eigenvalue weighted by molar-refractivity contribution is 7.10. The van der Waals surface area contributed by atoms with Gasteiger partial charge in [-0.2, -0.15) is 0 Å².